The Kier molecular flexibility index (Phi) is 3.48. The lowest BCUT2D eigenvalue weighted by molar-refractivity contribution is 0.338. The van der Waals surface area contributed by atoms with E-state index in [0.717, 1.165) is 5.69 Å². The molecule has 0 bridgehead atoms. The lowest BCUT2D eigenvalue weighted by atomic mass is 9.96. The van der Waals surface area contributed by atoms with Crippen molar-refractivity contribution in [2.24, 2.45) is 0 Å². The number of benzene rings is 2. The summed E-state index contributed by atoms with van der Waals surface area (Å²) in [7, 11) is 4.20. The highest BCUT2D eigenvalue weighted by Crippen LogP contribution is 2.30. The molecule has 3 aromatic rings. The molecule has 0 saturated heterocycles. The van der Waals surface area contributed by atoms with Crippen molar-refractivity contribution in [3.05, 3.63) is 78.1 Å². The van der Waals surface area contributed by atoms with E-state index in [2.05, 4.69) is 72.5 Å². The van der Waals surface area contributed by atoms with E-state index in [9.17, 15) is 0 Å². The Balaban J connectivity index is 2.21. The predicted octanol–water partition coefficient (Wildman–Crippen LogP) is 3.89. The van der Waals surface area contributed by atoms with Gasteiger partial charge in [-0.2, -0.15) is 0 Å². The summed E-state index contributed by atoms with van der Waals surface area (Å²) in [6.45, 7) is 0. The van der Waals surface area contributed by atoms with E-state index >= 15 is 0 Å². The fraction of sp³-hybridized carbons (Fsp3) is 0.167. The van der Waals surface area contributed by atoms with Gasteiger partial charge in [0.25, 0.3) is 0 Å². The fourth-order valence-electron chi connectivity index (χ4n) is 2.73. The lowest BCUT2D eigenvalue weighted by Crippen LogP contribution is -2.22. The second-order valence-electron chi connectivity index (χ2n) is 5.19. The summed E-state index contributed by atoms with van der Waals surface area (Å²) in [5, 5.41) is 2.56. The zero-order valence-corrected chi connectivity index (χ0v) is 11.8. The third-order valence-electron chi connectivity index (χ3n) is 3.60. The Morgan fingerprint density at radius 3 is 2.35 bits per heavy atom. The van der Waals surface area contributed by atoms with Crippen LogP contribution >= 0.6 is 0 Å². The van der Waals surface area contributed by atoms with Gasteiger partial charge in [-0.3, -0.25) is 9.88 Å². The highest BCUT2D eigenvalue weighted by Gasteiger charge is 2.19. The number of hydrogen-bond acceptors (Lipinski definition) is 2. The molecular weight excluding hydrogens is 244 g/mol. The summed E-state index contributed by atoms with van der Waals surface area (Å²) in [4.78, 5) is 6.75. The number of hydrogen-bond donors (Lipinski definition) is 0. The molecular formula is C18H18N2. The Bertz CT molecular complexity index is 699. The van der Waals surface area contributed by atoms with Gasteiger partial charge in [-0.25, -0.2) is 0 Å². The number of nitrogens with zero attached hydrogens (tertiary/aromatic N) is 2. The van der Waals surface area contributed by atoms with E-state index in [4.69, 9.17) is 0 Å². The van der Waals surface area contributed by atoms with Gasteiger partial charge in [0.2, 0.25) is 0 Å². The molecule has 2 aromatic carbocycles. The monoisotopic (exact) mass is 262 g/mol. The first kappa shape index (κ1) is 12.8. The molecule has 0 amide bonds. The molecule has 20 heavy (non-hydrogen) atoms. The lowest BCUT2D eigenvalue weighted by Gasteiger charge is -2.25. The van der Waals surface area contributed by atoms with Gasteiger partial charge < -0.3 is 0 Å². The van der Waals surface area contributed by atoms with Gasteiger partial charge in [0.1, 0.15) is 0 Å². The molecule has 1 heterocycles. The summed E-state index contributed by atoms with van der Waals surface area (Å²) in [5.74, 6) is 0. The van der Waals surface area contributed by atoms with Gasteiger partial charge in [-0.15, -0.1) is 0 Å². The molecule has 0 aliphatic carbocycles. The number of fused-ring (bicyclic) bond motifs is 1. The van der Waals surface area contributed by atoms with Crippen molar-refractivity contribution < 1.29 is 0 Å². The Morgan fingerprint density at radius 2 is 1.60 bits per heavy atom. The highest BCUT2D eigenvalue weighted by atomic mass is 15.1. The van der Waals surface area contributed by atoms with Crippen molar-refractivity contribution in [3.8, 4) is 0 Å². The largest absolute Gasteiger partial charge is 0.297 e. The van der Waals surface area contributed by atoms with Gasteiger partial charge in [0.05, 0.1) is 11.7 Å². The number of aromatic nitrogens is 1. The first-order valence-corrected chi connectivity index (χ1v) is 6.82. The smallest absolute Gasteiger partial charge is 0.0777 e. The van der Waals surface area contributed by atoms with Crippen molar-refractivity contribution in [1.29, 1.82) is 0 Å². The van der Waals surface area contributed by atoms with E-state index in [0.29, 0.717) is 0 Å². The third-order valence-corrected chi connectivity index (χ3v) is 3.60. The van der Waals surface area contributed by atoms with Crippen LogP contribution < -0.4 is 0 Å². The molecule has 3 rings (SSSR count). The minimum Gasteiger partial charge on any atom is -0.297 e. The van der Waals surface area contributed by atoms with Gasteiger partial charge in [-0.05, 0) is 42.6 Å². The molecule has 1 unspecified atom stereocenters. The molecule has 1 aromatic heterocycles. The molecule has 0 aliphatic heterocycles. The average molecular weight is 262 g/mol. The van der Waals surface area contributed by atoms with E-state index in [1.807, 2.05) is 18.3 Å². The normalized spacial score (nSPS) is 12.8. The molecule has 0 fully saturated rings. The molecule has 2 nitrogen and oxygen atoms in total. The van der Waals surface area contributed by atoms with E-state index < -0.39 is 0 Å². The number of pyridine rings is 1. The molecule has 0 spiro atoms. The van der Waals surface area contributed by atoms with Crippen LogP contribution in [0.1, 0.15) is 17.3 Å². The van der Waals surface area contributed by atoms with Crippen LogP contribution in [0.3, 0.4) is 0 Å². The van der Waals surface area contributed by atoms with Crippen LogP contribution in [0.5, 0.6) is 0 Å². The van der Waals surface area contributed by atoms with Crippen LogP contribution in [0.15, 0.2) is 66.9 Å². The van der Waals surface area contributed by atoms with Crippen molar-refractivity contribution in [2.45, 2.75) is 6.04 Å². The predicted molar refractivity (Wildman–Crippen MR) is 83.7 cm³/mol. The second kappa shape index (κ2) is 5.43. The van der Waals surface area contributed by atoms with Crippen LogP contribution in [0.2, 0.25) is 0 Å². The zero-order valence-electron chi connectivity index (χ0n) is 11.8. The quantitative estimate of drug-likeness (QED) is 0.712. The first-order chi connectivity index (χ1) is 9.77. The van der Waals surface area contributed by atoms with Gasteiger partial charge in [-0.1, -0.05) is 48.5 Å². The molecule has 0 radical (unpaired) electrons. The van der Waals surface area contributed by atoms with Crippen molar-refractivity contribution in [3.63, 3.8) is 0 Å². The van der Waals surface area contributed by atoms with E-state index in [-0.39, 0.29) is 6.04 Å². The second-order valence-corrected chi connectivity index (χ2v) is 5.19. The summed E-state index contributed by atoms with van der Waals surface area (Å²) >= 11 is 0. The average Bonchev–Trinajstić information content (AvgIpc) is 2.48. The van der Waals surface area contributed by atoms with Gasteiger partial charge in [0, 0.05) is 6.20 Å². The summed E-state index contributed by atoms with van der Waals surface area (Å²) in [5.41, 5.74) is 2.38. The van der Waals surface area contributed by atoms with Crippen LogP contribution in [-0.2, 0) is 0 Å². The van der Waals surface area contributed by atoms with Crippen molar-refractivity contribution in [1.82, 2.24) is 9.88 Å². The van der Waals surface area contributed by atoms with Crippen LogP contribution in [-0.4, -0.2) is 24.0 Å². The van der Waals surface area contributed by atoms with Crippen LogP contribution in [0.25, 0.3) is 10.8 Å². The molecule has 0 aliphatic rings. The highest BCUT2D eigenvalue weighted by molar-refractivity contribution is 5.86. The standard InChI is InChI=1S/C18H18N2/c1-20(2)18(17-12-5-6-13-19-17)16-11-7-9-14-8-3-4-10-15(14)16/h3-13,18H,1-2H3. The molecule has 2 heteroatoms. The maximum atomic E-state index is 4.54. The summed E-state index contributed by atoms with van der Waals surface area (Å²) in [6.07, 6.45) is 1.86. The molecule has 100 valence electrons. The first-order valence-electron chi connectivity index (χ1n) is 6.82. The summed E-state index contributed by atoms with van der Waals surface area (Å²) < 4.78 is 0. The van der Waals surface area contributed by atoms with E-state index in [1.165, 1.54) is 16.3 Å². The van der Waals surface area contributed by atoms with Crippen LogP contribution in [0, 0.1) is 0 Å². The minimum absolute atomic E-state index is 0.169. The zero-order chi connectivity index (χ0) is 13.9. The minimum atomic E-state index is 0.169. The van der Waals surface area contributed by atoms with Crippen molar-refractivity contribution >= 4 is 10.8 Å². The summed E-state index contributed by atoms with van der Waals surface area (Å²) in [6, 6.07) is 21.3. The van der Waals surface area contributed by atoms with Crippen LogP contribution in [0.4, 0.5) is 0 Å². The Hall–Kier alpha value is -2.19. The topological polar surface area (TPSA) is 16.1 Å². The molecule has 0 saturated carbocycles. The number of rotatable bonds is 3. The molecule has 1 atom stereocenters. The van der Waals surface area contributed by atoms with Crippen molar-refractivity contribution in [2.75, 3.05) is 14.1 Å². The Morgan fingerprint density at radius 1 is 0.850 bits per heavy atom. The SMILES string of the molecule is CN(C)C(c1ccccn1)c1cccc2ccccc12. The third kappa shape index (κ3) is 2.30. The van der Waals surface area contributed by atoms with E-state index in [1.54, 1.807) is 0 Å². The maximum absolute atomic E-state index is 4.54. The maximum Gasteiger partial charge on any atom is 0.0777 e. The van der Waals surface area contributed by atoms with Gasteiger partial charge >= 0.3 is 0 Å². The Labute approximate surface area is 119 Å². The molecule has 0 N–H and O–H groups in total. The fourth-order valence-corrected chi connectivity index (χ4v) is 2.73. The van der Waals surface area contributed by atoms with Gasteiger partial charge in [0.15, 0.2) is 0 Å².